The smallest absolute Gasteiger partial charge is 0.143 e. The van der Waals surface area contributed by atoms with Gasteiger partial charge in [-0.05, 0) is 18.9 Å². The van der Waals surface area contributed by atoms with E-state index in [-0.39, 0.29) is 6.10 Å². The predicted molar refractivity (Wildman–Crippen MR) is 69.9 cm³/mol. The Morgan fingerprint density at radius 1 is 1.26 bits per heavy atom. The molecule has 4 nitrogen and oxygen atoms in total. The normalized spacial score (nSPS) is 25.7. The number of para-hydroxylation sites is 1. The van der Waals surface area contributed by atoms with Gasteiger partial charge in [-0.1, -0.05) is 18.2 Å². The van der Waals surface area contributed by atoms with Crippen molar-refractivity contribution in [3.05, 3.63) is 48.0 Å². The molecule has 98 valence electrons. The lowest BCUT2D eigenvalue weighted by Gasteiger charge is -2.30. The Kier molecular flexibility index (Phi) is 2.38. The van der Waals surface area contributed by atoms with Gasteiger partial charge in [-0.2, -0.15) is 0 Å². The molecule has 1 aliphatic carbocycles. The Balaban J connectivity index is 1.69. The summed E-state index contributed by atoms with van der Waals surface area (Å²) >= 11 is 0. The molecule has 1 fully saturated rings. The molecule has 2 aliphatic rings. The van der Waals surface area contributed by atoms with Crippen LogP contribution in [0.3, 0.4) is 0 Å². The summed E-state index contributed by atoms with van der Waals surface area (Å²) < 4.78 is 8.24. The highest BCUT2D eigenvalue weighted by molar-refractivity contribution is 5.37. The van der Waals surface area contributed by atoms with Crippen LogP contribution in [-0.4, -0.2) is 14.7 Å². The van der Waals surface area contributed by atoms with Crippen LogP contribution in [0.25, 0.3) is 0 Å². The van der Waals surface area contributed by atoms with E-state index >= 15 is 0 Å². The van der Waals surface area contributed by atoms with E-state index < -0.39 is 6.10 Å². The minimum atomic E-state index is -0.461. The molecule has 0 spiro atoms. The van der Waals surface area contributed by atoms with Crippen LogP contribution in [-0.2, 0) is 0 Å². The van der Waals surface area contributed by atoms with E-state index in [2.05, 4.69) is 9.55 Å². The van der Waals surface area contributed by atoms with Gasteiger partial charge in [-0.3, -0.25) is 0 Å². The lowest BCUT2D eigenvalue weighted by molar-refractivity contribution is 0.0618. The minimum Gasteiger partial charge on any atom is -0.484 e. The zero-order valence-corrected chi connectivity index (χ0v) is 10.6. The number of rotatable bonds is 2. The standard InChI is InChI=1S/C15H16N2O2/c18-13-7-15(19-14-4-2-1-3-11(13)14)12-8-16-9-17(12)10-5-6-10/h1-4,8-10,13,15,18H,5-7H2/t13-,15?/m1/s1. The molecule has 2 atom stereocenters. The average molecular weight is 256 g/mol. The second-order valence-corrected chi connectivity index (χ2v) is 5.35. The fourth-order valence-corrected chi connectivity index (χ4v) is 2.80. The van der Waals surface area contributed by atoms with Gasteiger partial charge in [0.1, 0.15) is 11.9 Å². The topological polar surface area (TPSA) is 47.3 Å². The second kappa shape index (κ2) is 4.10. The molecule has 4 heteroatoms. The molecular formula is C15H16N2O2. The van der Waals surface area contributed by atoms with Crippen molar-refractivity contribution in [1.29, 1.82) is 0 Å². The van der Waals surface area contributed by atoms with Crippen LogP contribution in [0.4, 0.5) is 0 Å². The third-order valence-electron chi connectivity index (χ3n) is 3.95. The maximum atomic E-state index is 10.3. The van der Waals surface area contributed by atoms with Gasteiger partial charge in [0, 0.05) is 18.0 Å². The molecule has 0 amide bonds. The van der Waals surface area contributed by atoms with Gasteiger partial charge in [0.05, 0.1) is 24.3 Å². The van der Waals surface area contributed by atoms with Gasteiger partial charge in [0.25, 0.3) is 0 Å². The first kappa shape index (κ1) is 11.1. The van der Waals surface area contributed by atoms with Crippen molar-refractivity contribution in [3.63, 3.8) is 0 Å². The van der Waals surface area contributed by atoms with Crippen LogP contribution in [0, 0.1) is 0 Å². The van der Waals surface area contributed by atoms with Gasteiger partial charge >= 0.3 is 0 Å². The first-order chi connectivity index (χ1) is 9.33. The van der Waals surface area contributed by atoms with Crippen LogP contribution in [0.5, 0.6) is 5.75 Å². The average Bonchev–Trinajstić information content (AvgIpc) is 3.16. The molecule has 1 aliphatic heterocycles. The third kappa shape index (κ3) is 1.83. The minimum absolute atomic E-state index is 0.104. The van der Waals surface area contributed by atoms with Gasteiger partial charge in [0.2, 0.25) is 0 Å². The van der Waals surface area contributed by atoms with Gasteiger partial charge in [0.15, 0.2) is 0 Å². The highest BCUT2D eigenvalue weighted by Gasteiger charge is 2.33. The van der Waals surface area contributed by atoms with Crippen LogP contribution in [0.1, 0.15) is 48.8 Å². The van der Waals surface area contributed by atoms with E-state index in [0.29, 0.717) is 12.5 Å². The Labute approximate surface area is 111 Å². The number of nitrogens with zero attached hydrogens (tertiary/aromatic N) is 2. The van der Waals surface area contributed by atoms with Crippen molar-refractivity contribution < 1.29 is 9.84 Å². The van der Waals surface area contributed by atoms with Crippen molar-refractivity contribution in [2.75, 3.05) is 0 Å². The van der Waals surface area contributed by atoms with Crippen LogP contribution in [0.2, 0.25) is 0 Å². The number of fused-ring (bicyclic) bond motifs is 1. The number of aliphatic hydroxyl groups excluding tert-OH is 1. The van der Waals surface area contributed by atoms with Crippen molar-refractivity contribution in [2.45, 2.75) is 37.5 Å². The molecule has 0 bridgehead atoms. The maximum Gasteiger partial charge on any atom is 0.143 e. The Bertz CT molecular complexity index is 604. The van der Waals surface area contributed by atoms with E-state index in [1.807, 2.05) is 36.8 Å². The van der Waals surface area contributed by atoms with Gasteiger partial charge in [-0.15, -0.1) is 0 Å². The number of ether oxygens (including phenoxy) is 1. The highest BCUT2D eigenvalue weighted by atomic mass is 16.5. The van der Waals surface area contributed by atoms with E-state index in [0.717, 1.165) is 17.0 Å². The summed E-state index contributed by atoms with van der Waals surface area (Å²) in [5.41, 5.74) is 1.97. The van der Waals surface area contributed by atoms with E-state index in [1.54, 1.807) is 0 Å². The van der Waals surface area contributed by atoms with Crippen molar-refractivity contribution in [3.8, 4) is 5.75 Å². The third-order valence-corrected chi connectivity index (χ3v) is 3.95. The number of aromatic nitrogens is 2. The Morgan fingerprint density at radius 3 is 2.95 bits per heavy atom. The lowest BCUT2D eigenvalue weighted by atomic mass is 9.98. The van der Waals surface area contributed by atoms with Crippen molar-refractivity contribution in [2.24, 2.45) is 0 Å². The summed E-state index contributed by atoms with van der Waals surface area (Å²) in [5, 5.41) is 10.3. The molecule has 2 aromatic rings. The van der Waals surface area contributed by atoms with Crippen LogP contribution >= 0.6 is 0 Å². The summed E-state index contributed by atoms with van der Waals surface area (Å²) in [7, 11) is 0. The molecule has 1 saturated carbocycles. The SMILES string of the molecule is O[C@@H]1CC(c2cncn2C2CC2)Oc2ccccc21. The summed E-state index contributed by atoms with van der Waals surface area (Å²) in [4.78, 5) is 4.24. The molecule has 1 unspecified atom stereocenters. The number of hydrogen-bond acceptors (Lipinski definition) is 3. The fraction of sp³-hybridized carbons (Fsp3) is 0.400. The van der Waals surface area contributed by atoms with Gasteiger partial charge in [-0.25, -0.2) is 4.98 Å². The maximum absolute atomic E-state index is 10.3. The fourth-order valence-electron chi connectivity index (χ4n) is 2.80. The number of benzene rings is 1. The van der Waals surface area contributed by atoms with E-state index in [1.165, 1.54) is 12.8 Å². The molecule has 1 N–H and O–H groups in total. The molecule has 0 radical (unpaired) electrons. The van der Waals surface area contributed by atoms with E-state index in [9.17, 15) is 5.11 Å². The second-order valence-electron chi connectivity index (χ2n) is 5.35. The summed E-state index contributed by atoms with van der Waals surface area (Å²) in [6.07, 6.45) is 6.21. The van der Waals surface area contributed by atoms with Crippen LogP contribution in [0.15, 0.2) is 36.8 Å². The molecule has 1 aromatic carbocycles. The zero-order chi connectivity index (χ0) is 12.8. The number of aliphatic hydroxyl groups is 1. The molecule has 2 heterocycles. The predicted octanol–water partition coefficient (Wildman–Crippen LogP) is 2.78. The Morgan fingerprint density at radius 2 is 2.11 bits per heavy atom. The van der Waals surface area contributed by atoms with Crippen molar-refractivity contribution in [1.82, 2.24) is 9.55 Å². The zero-order valence-electron chi connectivity index (χ0n) is 10.6. The van der Waals surface area contributed by atoms with E-state index in [4.69, 9.17) is 4.74 Å². The highest BCUT2D eigenvalue weighted by Crippen LogP contribution is 2.43. The molecule has 4 rings (SSSR count). The molecule has 1 aromatic heterocycles. The summed E-state index contributed by atoms with van der Waals surface area (Å²) in [6.45, 7) is 0. The lowest BCUT2D eigenvalue weighted by Crippen LogP contribution is -2.21. The molecular weight excluding hydrogens is 240 g/mol. The molecule has 0 saturated heterocycles. The van der Waals surface area contributed by atoms with Crippen molar-refractivity contribution >= 4 is 0 Å². The monoisotopic (exact) mass is 256 g/mol. The number of imidazole rings is 1. The van der Waals surface area contributed by atoms with Crippen LogP contribution < -0.4 is 4.74 Å². The first-order valence-corrected chi connectivity index (χ1v) is 6.78. The summed E-state index contributed by atoms with van der Waals surface area (Å²) in [6, 6.07) is 8.29. The first-order valence-electron chi connectivity index (χ1n) is 6.78. The molecule has 19 heavy (non-hydrogen) atoms. The Hall–Kier alpha value is -1.81. The largest absolute Gasteiger partial charge is 0.484 e. The quantitative estimate of drug-likeness (QED) is 0.898. The number of hydrogen-bond donors (Lipinski definition) is 1. The summed E-state index contributed by atoms with van der Waals surface area (Å²) in [5.74, 6) is 0.787. The van der Waals surface area contributed by atoms with Gasteiger partial charge < -0.3 is 14.4 Å².